The largest absolute Gasteiger partial charge is 0.345 e. The third-order valence-electron chi connectivity index (χ3n) is 3.98. The number of rotatable bonds is 7. The lowest BCUT2D eigenvalue weighted by molar-refractivity contribution is -0.235. The molecule has 0 radical (unpaired) electrons. The molecule has 23 heavy (non-hydrogen) atoms. The van der Waals surface area contributed by atoms with Crippen molar-refractivity contribution < 1.29 is 18.9 Å². The minimum Gasteiger partial charge on any atom is -0.345 e. The monoisotopic (exact) mass is 341 g/mol. The molecule has 5 nitrogen and oxygen atoms in total. The maximum absolute atomic E-state index is 6.01. The minimum absolute atomic E-state index is 0.106. The molecule has 0 saturated carbocycles. The summed E-state index contributed by atoms with van der Waals surface area (Å²) in [5.74, 6) is -0.0458. The Morgan fingerprint density at radius 2 is 1.91 bits per heavy atom. The first-order chi connectivity index (χ1) is 11.1. The average molecular weight is 342 g/mol. The molecular weight excluding hydrogens is 318 g/mol. The molecule has 0 bridgehead atoms. The molecular formula is C17H24ClNO4. The average Bonchev–Trinajstić information content (AvgIpc) is 3.01. The van der Waals surface area contributed by atoms with E-state index in [2.05, 4.69) is 5.32 Å². The van der Waals surface area contributed by atoms with Gasteiger partial charge in [-0.2, -0.15) is 0 Å². The predicted molar refractivity (Wildman–Crippen MR) is 87.3 cm³/mol. The first-order valence-electron chi connectivity index (χ1n) is 8.02. The maximum atomic E-state index is 6.01. The van der Waals surface area contributed by atoms with Crippen molar-refractivity contribution in [1.29, 1.82) is 0 Å². The van der Waals surface area contributed by atoms with E-state index in [4.69, 9.17) is 30.5 Å². The molecule has 4 atom stereocenters. The highest BCUT2D eigenvalue weighted by Crippen LogP contribution is 2.39. The highest BCUT2D eigenvalue weighted by molar-refractivity contribution is 6.18. The normalized spacial score (nSPS) is 32.1. The summed E-state index contributed by atoms with van der Waals surface area (Å²) in [7, 11) is 0. The maximum Gasteiger partial charge on any atom is 0.187 e. The summed E-state index contributed by atoms with van der Waals surface area (Å²) in [4.78, 5) is 0. The summed E-state index contributed by atoms with van der Waals surface area (Å²) in [5.41, 5.74) is 1.11. The van der Waals surface area contributed by atoms with Crippen molar-refractivity contribution in [2.75, 3.05) is 19.0 Å². The fraction of sp³-hybridized carbons (Fsp3) is 0.647. The first-order valence-corrected chi connectivity index (χ1v) is 8.56. The Morgan fingerprint density at radius 1 is 1.17 bits per heavy atom. The molecule has 4 unspecified atom stereocenters. The van der Waals surface area contributed by atoms with Gasteiger partial charge in [-0.3, -0.25) is 0 Å². The number of hydrogen-bond donors (Lipinski definition) is 1. The van der Waals surface area contributed by atoms with E-state index in [1.807, 2.05) is 44.2 Å². The molecule has 1 aromatic rings. The molecule has 2 aliphatic rings. The lowest BCUT2D eigenvalue weighted by Gasteiger charge is -2.24. The molecule has 6 heteroatoms. The van der Waals surface area contributed by atoms with Crippen LogP contribution in [0.3, 0.4) is 0 Å². The van der Waals surface area contributed by atoms with Gasteiger partial charge in [0.15, 0.2) is 12.1 Å². The number of ether oxygens (including phenoxy) is 4. The summed E-state index contributed by atoms with van der Waals surface area (Å²) in [5, 5.41) is 3.26. The molecule has 2 aliphatic heterocycles. The number of nitrogens with one attached hydrogen (secondary N) is 1. The van der Waals surface area contributed by atoms with Crippen molar-refractivity contribution in [3.63, 3.8) is 0 Å². The van der Waals surface area contributed by atoms with Crippen molar-refractivity contribution >= 4 is 11.6 Å². The molecule has 0 aliphatic carbocycles. The summed E-state index contributed by atoms with van der Waals surface area (Å²) in [6.07, 6.45) is -0.874. The van der Waals surface area contributed by atoms with E-state index in [1.165, 1.54) is 0 Å². The van der Waals surface area contributed by atoms with Crippen LogP contribution in [0, 0.1) is 0 Å². The third-order valence-corrected chi connectivity index (χ3v) is 4.17. The van der Waals surface area contributed by atoms with Gasteiger partial charge in [0.25, 0.3) is 0 Å². The van der Waals surface area contributed by atoms with Crippen LogP contribution < -0.4 is 5.32 Å². The van der Waals surface area contributed by atoms with Crippen molar-refractivity contribution in [3.8, 4) is 0 Å². The van der Waals surface area contributed by atoms with E-state index in [9.17, 15) is 0 Å². The van der Waals surface area contributed by atoms with Crippen LogP contribution in [0.15, 0.2) is 30.3 Å². The number of benzene rings is 1. The standard InChI is InChI=1S/C17H24ClNO4/c1-17(2)22-14-13(10-19-9-8-18)21-16(15(14)23-17)20-11-12-6-4-3-5-7-12/h3-7,13-16,19H,8-11H2,1-2H3. The van der Waals surface area contributed by atoms with Gasteiger partial charge < -0.3 is 24.3 Å². The van der Waals surface area contributed by atoms with Crippen molar-refractivity contribution in [1.82, 2.24) is 5.32 Å². The number of halogens is 1. The van der Waals surface area contributed by atoms with E-state index >= 15 is 0 Å². The second kappa shape index (κ2) is 7.47. The van der Waals surface area contributed by atoms with Crippen molar-refractivity contribution in [3.05, 3.63) is 35.9 Å². The molecule has 128 valence electrons. The highest BCUT2D eigenvalue weighted by atomic mass is 35.5. The molecule has 2 fully saturated rings. The number of hydrogen-bond acceptors (Lipinski definition) is 5. The second-order valence-electron chi connectivity index (χ2n) is 6.30. The van der Waals surface area contributed by atoms with Crippen molar-refractivity contribution in [2.24, 2.45) is 0 Å². The Bertz CT molecular complexity index is 499. The topological polar surface area (TPSA) is 49.0 Å². The zero-order valence-corrected chi connectivity index (χ0v) is 14.3. The van der Waals surface area contributed by atoms with E-state index in [0.717, 1.165) is 12.1 Å². The molecule has 0 spiro atoms. The molecule has 1 N–H and O–H groups in total. The van der Waals surface area contributed by atoms with Crippen LogP contribution in [0.5, 0.6) is 0 Å². The summed E-state index contributed by atoms with van der Waals surface area (Å²) < 4.78 is 23.9. The second-order valence-corrected chi connectivity index (χ2v) is 6.68. The van der Waals surface area contributed by atoms with Gasteiger partial charge in [0.2, 0.25) is 0 Å². The molecule has 0 amide bonds. The lowest BCUT2D eigenvalue weighted by Crippen LogP contribution is -2.38. The van der Waals surface area contributed by atoms with Crippen LogP contribution in [-0.4, -0.2) is 49.4 Å². The van der Waals surface area contributed by atoms with E-state index in [-0.39, 0.29) is 18.3 Å². The van der Waals surface area contributed by atoms with Crippen LogP contribution in [0.1, 0.15) is 19.4 Å². The lowest BCUT2D eigenvalue weighted by atomic mass is 10.1. The van der Waals surface area contributed by atoms with Crippen LogP contribution in [-0.2, 0) is 25.6 Å². The zero-order valence-electron chi connectivity index (χ0n) is 13.5. The Hall–Kier alpha value is -0.690. The Kier molecular flexibility index (Phi) is 5.57. The third kappa shape index (κ3) is 4.24. The van der Waals surface area contributed by atoms with Gasteiger partial charge in [-0.25, -0.2) is 0 Å². The van der Waals surface area contributed by atoms with Crippen LogP contribution in [0.25, 0.3) is 0 Å². The SMILES string of the molecule is CC1(C)OC2C(CNCCCl)OC(OCc3ccccc3)C2O1. The number of alkyl halides is 1. The molecule has 1 aromatic carbocycles. The van der Waals surface area contributed by atoms with Crippen LogP contribution in [0.4, 0.5) is 0 Å². The predicted octanol–water partition coefficient (Wildman–Crippen LogP) is 2.28. The quantitative estimate of drug-likeness (QED) is 0.609. The van der Waals surface area contributed by atoms with Gasteiger partial charge in [-0.15, -0.1) is 11.6 Å². The van der Waals surface area contributed by atoms with E-state index in [1.54, 1.807) is 0 Å². The smallest absolute Gasteiger partial charge is 0.187 e. The molecule has 0 aromatic heterocycles. The molecule has 2 saturated heterocycles. The van der Waals surface area contributed by atoms with E-state index in [0.29, 0.717) is 19.0 Å². The van der Waals surface area contributed by atoms with Gasteiger partial charge >= 0.3 is 0 Å². The summed E-state index contributed by atoms with van der Waals surface area (Å²) >= 11 is 5.71. The zero-order chi connectivity index (χ0) is 16.3. The summed E-state index contributed by atoms with van der Waals surface area (Å²) in [6.45, 7) is 5.73. The molecule has 2 heterocycles. The van der Waals surface area contributed by atoms with Gasteiger partial charge in [0.05, 0.1) is 6.61 Å². The highest BCUT2D eigenvalue weighted by Gasteiger charge is 2.55. The Morgan fingerprint density at radius 3 is 2.65 bits per heavy atom. The molecule has 3 rings (SSSR count). The van der Waals surface area contributed by atoms with Crippen molar-refractivity contribution in [2.45, 2.75) is 50.8 Å². The fourth-order valence-electron chi connectivity index (χ4n) is 3.00. The first kappa shape index (κ1) is 17.1. The Labute approximate surface area is 142 Å². The minimum atomic E-state index is -0.613. The van der Waals surface area contributed by atoms with Gasteiger partial charge in [-0.05, 0) is 19.4 Å². The van der Waals surface area contributed by atoms with Crippen LogP contribution >= 0.6 is 11.6 Å². The van der Waals surface area contributed by atoms with E-state index < -0.39 is 12.1 Å². The fourth-order valence-corrected chi connectivity index (χ4v) is 3.14. The van der Waals surface area contributed by atoms with Gasteiger partial charge in [0.1, 0.15) is 18.3 Å². The Balaban J connectivity index is 1.61. The van der Waals surface area contributed by atoms with Gasteiger partial charge in [-0.1, -0.05) is 30.3 Å². The van der Waals surface area contributed by atoms with Gasteiger partial charge in [0, 0.05) is 19.0 Å². The summed E-state index contributed by atoms with van der Waals surface area (Å²) in [6, 6.07) is 10.0. The number of fused-ring (bicyclic) bond motifs is 1. The van der Waals surface area contributed by atoms with Crippen LogP contribution in [0.2, 0.25) is 0 Å².